The van der Waals surface area contributed by atoms with Crippen LogP contribution in [0.5, 0.6) is 5.75 Å². The highest BCUT2D eigenvalue weighted by molar-refractivity contribution is 8.14. The number of aliphatic carboxylic acids is 1. The van der Waals surface area contributed by atoms with E-state index in [1.165, 1.54) is 24.3 Å². The number of carboxylic acid groups (broad SMARTS) is 1. The first-order chi connectivity index (χ1) is 14.1. The number of carbonyl (C=O) groups is 4. The summed E-state index contributed by atoms with van der Waals surface area (Å²) in [7, 11) is 0. The van der Waals surface area contributed by atoms with Gasteiger partial charge in [0.25, 0.3) is 0 Å². The molecule has 7 nitrogen and oxygen atoms in total. The number of nitrogens with one attached hydrogen (secondary N) is 1. The molecule has 0 bridgehead atoms. The Morgan fingerprint density at radius 2 is 1.80 bits per heavy atom. The molecular weight excluding hydrogens is 420 g/mol. The Bertz CT molecular complexity index is 1010. The zero-order chi connectivity index (χ0) is 22.4. The normalized spacial score (nSPS) is 11.5. The Morgan fingerprint density at radius 3 is 2.37 bits per heavy atom. The van der Waals surface area contributed by atoms with Crippen LogP contribution in [0, 0.1) is 11.6 Å². The Labute approximate surface area is 174 Å². The van der Waals surface area contributed by atoms with E-state index < -0.39 is 40.6 Å². The molecule has 0 spiro atoms. The van der Waals surface area contributed by atoms with Gasteiger partial charge in [0.1, 0.15) is 23.4 Å². The quantitative estimate of drug-likeness (QED) is 0.506. The third-order valence-corrected chi connectivity index (χ3v) is 4.73. The summed E-state index contributed by atoms with van der Waals surface area (Å²) in [4.78, 5) is 46.4. The molecule has 30 heavy (non-hydrogen) atoms. The Balaban J connectivity index is 2.36. The zero-order valence-corrected chi connectivity index (χ0v) is 16.7. The van der Waals surface area contributed by atoms with Gasteiger partial charge in [-0.15, -0.1) is 0 Å². The number of rotatable bonds is 7. The number of carboxylic acids is 1. The Hall–Kier alpha value is -3.27. The standard InChI is InChI=1S/C20H17F2NO6S/c1-10(24)23-17(19(26)27)9-30-20(28)15-7-12(3-6-18(15)29-11(2)25)14-5-4-13(21)8-16(14)22/h3-8,17H,9H2,1-2H3,(H,23,24)(H,26,27). The lowest BCUT2D eigenvalue weighted by Crippen LogP contribution is -2.41. The molecule has 1 atom stereocenters. The molecule has 1 unspecified atom stereocenters. The summed E-state index contributed by atoms with van der Waals surface area (Å²) in [6, 6.07) is 5.58. The number of amides is 1. The molecule has 2 aromatic carbocycles. The fourth-order valence-corrected chi connectivity index (χ4v) is 3.34. The minimum absolute atomic E-state index is 0.0199. The van der Waals surface area contributed by atoms with Gasteiger partial charge in [0.2, 0.25) is 11.0 Å². The highest BCUT2D eigenvalue weighted by Gasteiger charge is 2.23. The van der Waals surface area contributed by atoms with Crippen LogP contribution in [0.1, 0.15) is 24.2 Å². The van der Waals surface area contributed by atoms with Gasteiger partial charge in [0.15, 0.2) is 0 Å². The van der Waals surface area contributed by atoms with Gasteiger partial charge in [-0.25, -0.2) is 13.6 Å². The Kier molecular flexibility index (Phi) is 7.65. The average molecular weight is 437 g/mol. The van der Waals surface area contributed by atoms with Crippen molar-refractivity contribution in [2.75, 3.05) is 5.75 Å². The van der Waals surface area contributed by atoms with Crippen molar-refractivity contribution < 1.29 is 37.8 Å². The van der Waals surface area contributed by atoms with Crippen molar-refractivity contribution >= 4 is 34.7 Å². The van der Waals surface area contributed by atoms with Crippen LogP contribution in [0.3, 0.4) is 0 Å². The first-order valence-corrected chi connectivity index (χ1v) is 9.52. The summed E-state index contributed by atoms with van der Waals surface area (Å²) in [6.45, 7) is 2.27. The van der Waals surface area contributed by atoms with Crippen molar-refractivity contribution in [2.24, 2.45) is 0 Å². The summed E-state index contributed by atoms with van der Waals surface area (Å²) in [6.07, 6.45) is 0. The lowest BCUT2D eigenvalue weighted by Gasteiger charge is -2.14. The van der Waals surface area contributed by atoms with Crippen molar-refractivity contribution in [3.05, 3.63) is 53.6 Å². The van der Waals surface area contributed by atoms with E-state index in [-0.39, 0.29) is 28.2 Å². The van der Waals surface area contributed by atoms with Crippen molar-refractivity contribution in [3.63, 3.8) is 0 Å². The lowest BCUT2D eigenvalue weighted by molar-refractivity contribution is -0.140. The molecule has 0 heterocycles. The molecule has 2 rings (SSSR count). The number of esters is 1. The van der Waals surface area contributed by atoms with Crippen LogP contribution in [-0.4, -0.2) is 39.9 Å². The highest BCUT2D eigenvalue weighted by Crippen LogP contribution is 2.31. The van der Waals surface area contributed by atoms with Crippen LogP contribution in [0.15, 0.2) is 36.4 Å². The van der Waals surface area contributed by atoms with E-state index in [2.05, 4.69) is 5.32 Å². The topological polar surface area (TPSA) is 110 Å². The maximum atomic E-state index is 14.1. The largest absolute Gasteiger partial charge is 0.480 e. The molecule has 158 valence electrons. The van der Waals surface area contributed by atoms with Gasteiger partial charge in [0, 0.05) is 31.2 Å². The minimum Gasteiger partial charge on any atom is -0.480 e. The maximum Gasteiger partial charge on any atom is 0.327 e. The number of hydrogen-bond acceptors (Lipinski definition) is 6. The number of carbonyl (C=O) groups excluding carboxylic acids is 3. The molecule has 0 fully saturated rings. The number of hydrogen-bond donors (Lipinski definition) is 2. The molecule has 0 radical (unpaired) electrons. The molecule has 10 heteroatoms. The highest BCUT2D eigenvalue weighted by atomic mass is 32.2. The summed E-state index contributed by atoms with van der Waals surface area (Å²) in [5, 5.41) is 10.7. The smallest absolute Gasteiger partial charge is 0.327 e. The third-order valence-electron chi connectivity index (χ3n) is 3.75. The van der Waals surface area contributed by atoms with Crippen LogP contribution in [0.4, 0.5) is 8.78 Å². The molecule has 0 aliphatic heterocycles. The molecule has 0 saturated heterocycles. The average Bonchev–Trinajstić information content (AvgIpc) is 2.64. The number of ether oxygens (including phenoxy) is 1. The van der Waals surface area contributed by atoms with Gasteiger partial charge >= 0.3 is 11.9 Å². The summed E-state index contributed by atoms with van der Waals surface area (Å²) in [5.74, 6) is -4.61. The van der Waals surface area contributed by atoms with Gasteiger partial charge in [0.05, 0.1) is 5.56 Å². The van der Waals surface area contributed by atoms with Crippen LogP contribution in [0.25, 0.3) is 11.1 Å². The minimum atomic E-state index is -1.33. The van der Waals surface area contributed by atoms with Gasteiger partial charge in [-0.2, -0.15) is 0 Å². The van der Waals surface area contributed by atoms with Crippen molar-refractivity contribution in [1.29, 1.82) is 0 Å². The molecule has 0 saturated carbocycles. The van der Waals surface area contributed by atoms with Crippen molar-refractivity contribution in [3.8, 4) is 16.9 Å². The van der Waals surface area contributed by atoms with Crippen LogP contribution >= 0.6 is 11.8 Å². The first kappa shape index (κ1) is 23.0. The van der Waals surface area contributed by atoms with E-state index in [0.717, 1.165) is 19.9 Å². The molecular formula is C20H17F2NO6S. The van der Waals surface area contributed by atoms with Gasteiger partial charge in [-0.1, -0.05) is 17.8 Å². The fourth-order valence-electron chi connectivity index (χ4n) is 2.48. The fraction of sp³-hybridized carbons (Fsp3) is 0.200. The number of benzene rings is 2. The van der Waals surface area contributed by atoms with E-state index in [1.54, 1.807) is 0 Å². The Morgan fingerprint density at radius 1 is 1.10 bits per heavy atom. The van der Waals surface area contributed by atoms with Crippen LogP contribution in [0.2, 0.25) is 0 Å². The van der Waals surface area contributed by atoms with E-state index in [1.807, 2.05) is 0 Å². The van der Waals surface area contributed by atoms with Crippen LogP contribution < -0.4 is 10.1 Å². The predicted octanol–water partition coefficient (Wildman–Crippen LogP) is 3.02. The SMILES string of the molecule is CC(=O)NC(CSC(=O)c1cc(-c2ccc(F)cc2F)ccc1OC(C)=O)C(=O)O. The second kappa shape index (κ2) is 9.97. The van der Waals surface area contributed by atoms with Gasteiger partial charge < -0.3 is 15.2 Å². The molecule has 2 aromatic rings. The van der Waals surface area contributed by atoms with E-state index in [4.69, 9.17) is 9.84 Å². The summed E-state index contributed by atoms with van der Waals surface area (Å²) >= 11 is 0.580. The second-order valence-corrected chi connectivity index (χ2v) is 7.11. The molecule has 0 aromatic heterocycles. The predicted molar refractivity (Wildman–Crippen MR) is 105 cm³/mol. The zero-order valence-electron chi connectivity index (χ0n) is 15.9. The van der Waals surface area contributed by atoms with Crippen LogP contribution in [-0.2, 0) is 14.4 Å². The van der Waals surface area contributed by atoms with E-state index in [0.29, 0.717) is 17.8 Å². The maximum absolute atomic E-state index is 14.1. The second-order valence-electron chi connectivity index (χ2n) is 6.12. The molecule has 2 N–H and O–H groups in total. The van der Waals surface area contributed by atoms with Crippen molar-refractivity contribution in [2.45, 2.75) is 19.9 Å². The number of halogens is 2. The summed E-state index contributed by atoms with van der Waals surface area (Å²) < 4.78 is 32.3. The molecule has 1 amide bonds. The van der Waals surface area contributed by atoms with E-state index in [9.17, 15) is 28.0 Å². The summed E-state index contributed by atoms with van der Waals surface area (Å²) in [5.41, 5.74) is 0.138. The monoisotopic (exact) mass is 437 g/mol. The van der Waals surface area contributed by atoms with E-state index >= 15 is 0 Å². The molecule has 0 aliphatic carbocycles. The van der Waals surface area contributed by atoms with Crippen molar-refractivity contribution in [1.82, 2.24) is 5.32 Å². The third kappa shape index (κ3) is 6.11. The number of thioether (sulfide) groups is 1. The first-order valence-electron chi connectivity index (χ1n) is 8.53. The van der Waals surface area contributed by atoms with Gasteiger partial charge in [-0.05, 0) is 29.8 Å². The van der Waals surface area contributed by atoms with Gasteiger partial charge in [-0.3, -0.25) is 14.4 Å². The lowest BCUT2D eigenvalue weighted by atomic mass is 10.0. The molecule has 0 aliphatic rings.